The molecule has 0 spiro atoms. The number of rotatable bonds is 4. The minimum Gasteiger partial charge on any atom is -0.468 e. The molecule has 0 bridgehead atoms. The third-order valence-electron chi connectivity index (χ3n) is 5.33. The van der Waals surface area contributed by atoms with Crippen molar-refractivity contribution >= 4 is 23.7 Å². The number of hydrogen-bond donors (Lipinski definition) is 1. The van der Waals surface area contributed by atoms with E-state index in [0.717, 1.165) is 37.1 Å². The van der Waals surface area contributed by atoms with Gasteiger partial charge in [-0.1, -0.05) is 12.1 Å². The third-order valence-corrected chi connectivity index (χ3v) is 6.70. The largest absolute Gasteiger partial charge is 0.468 e. The molecule has 1 unspecified atom stereocenters. The number of fused-ring (bicyclic) bond motifs is 1. The normalized spacial score (nSPS) is 28.7. The molecular weight excluding hydrogens is 338 g/mol. The lowest BCUT2D eigenvalue weighted by molar-refractivity contribution is -0.144. The Balaban J connectivity index is 1.66. The maximum atomic E-state index is 12.0. The average molecular weight is 363 g/mol. The number of thioether (sulfide) groups is 1. The molecule has 4 atom stereocenters. The second-order valence-electron chi connectivity index (χ2n) is 6.78. The smallest absolute Gasteiger partial charge is 0.338 e. The highest BCUT2D eigenvalue weighted by Crippen LogP contribution is 2.43. The van der Waals surface area contributed by atoms with Gasteiger partial charge in [-0.3, -0.25) is 4.79 Å². The van der Waals surface area contributed by atoms with Gasteiger partial charge in [-0.05, 0) is 56.2 Å². The lowest BCUT2D eigenvalue weighted by Gasteiger charge is -2.41. The van der Waals surface area contributed by atoms with Crippen LogP contribution < -0.4 is 5.32 Å². The monoisotopic (exact) mass is 363 g/mol. The van der Waals surface area contributed by atoms with Gasteiger partial charge in [-0.25, -0.2) is 4.79 Å². The van der Waals surface area contributed by atoms with Gasteiger partial charge in [-0.15, -0.1) is 11.8 Å². The zero-order valence-corrected chi connectivity index (χ0v) is 15.5. The van der Waals surface area contributed by atoms with E-state index in [1.54, 1.807) is 11.8 Å². The molecular formula is C19H25NO4S. The van der Waals surface area contributed by atoms with Crippen LogP contribution in [0.5, 0.6) is 0 Å². The highest BCUT2D eigenvalue weighted by Gasteiger charge is 2.38. The number of hydrogen-bond acceptors (Lipinski definition) is 6. The van der Waals surface area contributed by atoms with Crippen LogP contribution in [0.25, 0.3) is 0 Å². The summed E-state index contributed by atoms with van der Waals surface area (Å²) in [5.41, 5.74) is 0.634. The number of carbonyl (C=O) groups is 2. The molecule has 136 valence electrons. The number of methoxy groups -OCH3 is 2. The van der Waals surface area contributed by atoms with E-state index in [-0.39, 0.29) is 18.0 Å². The summed E-state index contributed by atoms with van der Waals surface area (Å²) in [6.07, 6.45) is 4.20. The molecule has 1 aliphatic heterocycles. The second kappa shape index (κ2) is 8.23. The number of esters is 2. The Hall–Kier alpha value is -1.53. The van der Waals surface area contributed by atoms with Crippen LogP contribution in [0, 0.1) is 11.8 Å². The summed E-state index contributed by atoms with van der Waals surface area (Å²) in [4.78, 5) is 24.8. The summed E-state index contributed by atoms with van der Waals surface area (Å²) in [6, 6.07) is 7.44. The quantitative estimate of drug-likeness (QED) is 0.830. The molecule has 1 heterocycles. The van der Waals surface area contributed by atoms with Gasteiger partial charge in [0.2, 0.25) is 0 Å². The van der Waals surface area contributed by atoms with E-state index in [1.165, 1.54) is 14.2 Å². The fourth-order valence-electron chi connectivity index (χ4n) is 3.98. The van der Waals surface area contributed by atoms with E-state index in [2.05, 4.69) is 5.32 Å². The first-order valence-corrected chi connectivity index (χ1v) is 9.65. The van der Waals surface area contributed by atoms with Crippen molar-refractivity contribution in [3.63, 3.8) is 0 Å². The highest BCUT2D eigenvalue weighted by molar-refractivity contribution is 8.00. The summed E-state index contributed by atoms with van der Waals surface area (Å²) >= 11 is 1.77. The molecule has 1 aromatic rings. The van der Waals surface area contributed by atoms with E-state index in [0.29, 0.717) is 22.6 Å². The van der Waals surface area contributed by atoms with Crippen LogP contribution in [0.3, 0.4) is 0 Å². The van der Waals surface area contributed by atoms with E-state index < -0.39 is 0 Å². The molecule has 2 fully saturated rings. The number of ether oxygens (including phenoxy) is 2. The molecule has 3 rings (SSSR count). The van der Waals surface area contributed by atoms with Crippen LogP contribution in [-0.4, -0.2) is 44.0 Å². The first-order chi connectivity index (χ1) is 12.1. The van der Waals surface area contributed by atoms with Gasteiger partial charge >= 0.3 is 11.9 Å². The zero-order valence-electron chi connectivity index (χ0n) is 14.7. The maximum absolute atomic E-state index is 12.0. The van der Waals surface area contributed by atoms with Crippen LogP contribution in [0.2, 0.25) is 0 Å². The van der Waals surface area contributed by atoms with Gasteiger partial charge in [0.1, 0.15) is 6.04 Å². The fourth-order valence-corrected chi connectivity index (χ4v) is 5.37. The minimum atomic E-state index is -0.288. The molecule has 1 saturated heterocycles. The topological polar surface area (TPSA) is 64.6 Å². The lowest BCUT2D eigenvalue weighted by atomic mass is 9.73. The summed E-state index contributed by atoms with van der Waals surface area (Å²) in [5.74, 6) is 0.712. The summed E-state index contributed by atoms with van der Waals surface area (Å²) in [7, 11) is 2.86. The van der Waals surface area contributed by atoms with Crippen LogP contribution in [0.4, 0.5) is 0 Å². The second-order valence-corrected chi connectivity index (χ2v) is 8.12. The molecule has 0 amide bonds. The van der Waals surface area contributed by atoms with Crippen molar-refractivity contribution in [3.05, 3.63) is 29.8 Å². The molecule has 1 aliphatic carbocycles. The molecule has 5 nitrogen and oxygen atoms in total. The molecule has 6 heteroatoms. The molecule has 1 N–H and O–H groups in total. The maximum Gasteiger partial charge on any atom is 0.338 e. The number of piperidine rings is 1. The van der Waals surface area contributed by atoms with E-state index in [1.807, 2.05) is 24.3 Å². The Morgan fingerprint density at radius 2 is 1.88 bits per heavy atom. The van der Waals surface area contributed by atoms with Crippen molar-refractivity contribution < 1.29 is 19.1 Å². The van der Waals surface area contributed by atoms with E-state index in [4.69, 9.17) is 9.47 Å². The van der Waals surface area contributed by atoms with Crippen LogP contribution in [0.15, 0.2) is 29.2 Å². The van der Waals surface area contributed by atoms with Crippen molar-refractivity contribution in [2.75, 3.05) is 20.8 Å². The number of benzene rings is 1. The molecule has 1 saturated carbocycles. The summed E-state index contributed by atoms with van der Waals surface area (Å²) in [5, 5.41) is 3.78. The minimum absolute atomic E-state index is 0.163. The first-order valence-electron chi connectivity index (χ1n) is 8.77. The van der Waals surface area contributed by atoms with Crippen LogP contribution in [0.1, 0.15) is 36.0 Å². The summed E-state index contributed by atoms with van der Waals surface area (Å²) in [6.45, 7) is 0.889. The predicted octanol–water partition coefficient (Wildman–Crippen LogP) is 2.89. The summed E-state index contributed by atoms with van der Waals surface area (Å²) < 4.78 is 9.78. The first kappa shape index (κ1) is 18.3. The molecule has 1 aromatic carbocycles. The van der Waals surface area contributed by atoms with Gasteiger partial charge in [0.25, 0.3) is 0 Å². The number of carbonyl (C=O) groups excluding carboxylic acids is 2. The van der Waals surface area contributed by atoms with Crippen molar-refractivity contribution in [2.24, 2.45) is 11.8 Å². The third kappa shape index (κ3) is 4.18. The fraction of sp³-hybridized carbons (Fsp3) is 0.579. The van der Waals surface area contributed by atoms with Gasteiger partial charge in [0, 0.05) is 10.1 Å². The Morgan fingerprint density at radius 3 is 2.64 bits per heavy atom. The van der Waals surface area contributed by atoms with Crippen LogP contribution in [-0.2, 0) is 14.3 Å². The Morgan fingerprint density at radius 1 is 1.08 bits per heavy atom. The molecule has 0 aromatic heterocycles. The van der Waals surface area contributed by atoms with Gasteiger partial charge in [-0.2, -0.15) is 0 Å². The average Bonchev–Trinajstić information content (AvgIpc) is 2.66. The lowest BCUT2D eigenvalue weighted by Crippen LogP contribution is -2.50. The van der Waals surface area contributed by atoms with Gasteiger partial charge in [0.05, 0.1) is 19.8 Å². The van der Waals surface area contributed by atoms with E-state index >= 15 is 0 Å². The van der Waals surface area contributed by atoms with Gasteiger partial charge < -0.3 is 14.8 Å². The Labute approximate surface area is 152 Å². The van der Waals surface area contributed by atoms with Crippen molar-refractivity contribution in [1.29, 1.82) is 0 Å². The van der Waals surface area contributed by atoms with Crippen LogP contribution >= 0.6 is 11.8 Å². The Bertz CT molecular complexity index is 636. The van der Waals surface area contributed by atoms with Gasteiger partial charge in [0.15, 0.2) is 0 Å². The molecule has 25 heavy (non-hydrogen) atoms. The van der Waals surface area contributed by atoms with Crippen molar-refractivity contribution in [3.8, 4) is 0 Å². The van der Waals surface area contributed by atoms with Crippen molar-refractivity contribution in [1.82, 2.24) is 5.32 Å². The zero-order chi connectivity index (χ0) is 17.8. The highest BCUT2D eigenvalue weighted by atomic mass is 32.2. The van der Waals surface area contributed by atoms with Crippen molar-refractivity contribution in [2.45, 2.75) is 41.9 Å². The van der Waals surface area contributed by atoms with E-state index in [9.17, 15) is 9.59 Å². The standard InChI is InChI=1S/C19H25NO4S/c1-23-18(21)15-5-3-4-6-17(15)25-14-8-7-12-11-20-16(19(22)24-2)10-13(12)9-14/h3-6,12-14,16,20H,7-11H2,1-2H3/t12-,13+,14?,16-/m0/s1. The SMILES string of the molecule is COC(=O)c1ccccc1SC1CC[C@H]2CN[C@H](C(=O)OC)C[C@H]2C1. The Kier molecular flexibility index (Phi) is 6.02. The number of nitrogens with one attached hydrogen (secondary N) is 1. The molecule has 0 radical (unpaired) electrons. The predicted molar refractivity (Wildman–Crippen MR) is 96.7 cm³/mol. The molecule has 2 aliphatic rings.